The number of ether oxygens (including phenoxy) is 4. The predicted octanol–water partition coefficient (Wildman–Crippen LogP) is 3.82. The second-order valence-corrected chi connectivity index (χ2v) is 7.10. The molecule has 10 heteroatoms. The SMILES string of the molecule is CCOc1ccc(/C=C2\C(=O)NC(=O)N(c3cc(OC)c(Cl)cc3OC)C2=O)cc1OCC. The number of hydrogen-bond acceptors (Lipinski definition) is 7. The van der Waals surface area contributed by atoms with Crippen LogP contribution in [0, 0.1) is 0 Å². The second kappa shape index (κ2) is 10.3. The first kappa shape index (κ1) is 23.9. The molecule has 4 amide bonds. The zero-order valence-electron chi connectivity index (χ0n) is 18.6. The van der Waals surface area contributed by atoms with Gasteiger partial charge in [0.05, 0.1) is 38.1 Å². The van der Waals surface area contributed by atoms with Gasteiger partial charge in [-0.05, 0) is 37.6 Å². The van der Waals surface area contributed by atoms with Gasteiger partial charge in [-0.1, -0.05) is 17.7 Å². The van der Waals surface area contributed by atoms with Crippen molar-refractivity contribution in [3.8, 4) is 23.0 Å². The lowest BCUT2D eigenvalue weighted by Gasteiger charge is -2.28. The summed E-state index contributed by atoms with van der Waals surface area (Å²) in [5.74, 6) is -0.280. The van der Waals surface area contributed by atoms with E-state index in [4.69, 9.17) is 30.5 Å². The third-order valence-corrected chi connectivity index (χ3v) is 4.97. The van der Waals surface area contributed by atoms with Crippen LogP contribution in [-0.2, 0) is 9.59 Å². The van der Waals surface area contributed by atoms with Crippen LogP contribution in [0.4, 0.5) is 10.5 Å². The standard InChI is InChI=1S/C23H23ClN2O7/c1-5-32-17-8-7-13(10-20(17)33-6-2)9-14-21(27)25-23(29)26(22(14)28)16-12-18(30-3)15(24)11-19(16)31-4/h7-12H,5-6H2,1-4H3,(H,25,27,29)/b14-9+. The molecule has 1 heterocycles. The summed E-state index contributed by atoms with van der Waals surface area (Å²) in [4.78, 5) is 39.2. The minimum atomic E-state index is -0.925. The summed E-state index contributed by atoms with van der Waals surface area (Å²) in [5, 5.41) is 2.41. The number of methoxy groups -OCH3 is 2. The topological polar surface area (TPSA) is 103 Å². The summed E-state index contributed by atoms with van der Waals surface area (Å²) in [6, 6.07) is 6.88. The summed E-state index contributed by atoms with van der Waals surface area (Å²) in [5.41, 5.74) is 0.328. The summed E-state index contributed by atoms with van der Waals surface area (Å²) in [7, 11) is 2.76. The van der Waals surface area contributed by atoms with Gasteiger partial charge in [0.2, 0.25) is 0 Å². The number of nitrogens with zero attached hydrogens (tertiary/aromatic N) is 1. The summed E-state index contributed by atoms with van der Waals surface area (Å²) < 4.78 is 21.6. The number of rotatable bonds is 8. The Morgan fingerprint density at radius 3 is 2.21 bits per heavy atom. The fourth-order valence-corrected chi connectivity index (χ4v) is 3.45. The molecule has 0 aliphatic carbocycles. The highest BCUT2D eigenvalue weighted by Crippen LogP contribution is 2.39. The molecular weight excluding hydrogens is 452 g/mol. The molecule has 0 aromatic heterocycles. The van der Waals surface area contributed by atoms with Crippen molar-refractivity contribution in [1.82, 2.24) is 5.32 Å². The van der Waals surface area contributed by atoms with E-state index in [0.29, 0.717) is 30.3 Å². The van der Waals surface area contributed by atoms with Gasteiger partial charge in [-0.3, -0.25) is 14.9 Å². The van der Waals surface area contributed by atoms with Crippen molar-refractivity contribution < 1.29 is 33.3 Å². The Morgan fingerprint density at radius 1 is 0.909 bits per heavy atom. The third kappa shape index (κ3) is 4.88. The van der Waals surface area contributed by atoms with Gasteiger partial charge in [-0.15, -0.1) is 0 Å². The van der Waals surface area contributed by atoms with E-state index in [9.17, 15) is 14.4 Å². The van der Waals surface area contributed by atoms with E-state index in [-0.39, 0.29) is 27.8 Å². The first-order valence-electron chi connectivity index (χ1n) is 10.1. The smallest absolute Gasteiger partial charge is 0.336 e. The van der Waals surface area contributed by atoms with Crippen LogP contribution >= 0.6 is 11.6 Å². The van der Waals surface area contributed by atoms with Gasteiger partial charge in [0.1, 0.15) is 17.1 Å². The molecule has 2 aromatic rings. The van der Waals surface area contributed by atoms with Crippen molar-refractivity contribution in [2.24, 2.45) is 0 Å². The number of anilines is 1. The lowest BCUT2D eigenvalue weighted by molar-refractivity contribution is -0.122. The third-order valence-electron chi connectivity index (χ3n) is 4.67. The van der Waals surface area contributed by atoms with Crippen LogP contribution < -0.4 is 29.2 Å². The molecule has 0 bridgehead atoms. The summed E-state index contributed by atoms with van der Waals surface area (Å²) in [6.45, 7) is 4.53. The van der Waals surface area contributed by atoms with E-state index >= 15 is 0 Å². The highest BCUT2D eigenvalue weighted by Gasteiger charge is 2.38. The van der Waals surface area contributed by atoms with Crippen molar-refractivity contribution in [2.75, 3.05) is 32.3 Å². The lowest BCUT2D eigenvalue weighted by Crippen LogP contribution is -2.54. The number of carbonyl (C=O) groups excluding carboxylic acids is 3. The molecule has 1 fully saturated rings. The molecule has 174 valence electrons. The van der Waals surface area contributed by atoms with Gasteiger partial charge >= 0.3 is 6.03 Å². The molecular formula is C23H23ClN2O7. The van der Waals surface area contributed by atoms with Crippen LogP contribution in [0.2, 0.25) is 5.02 Å². The molecule has 1 N–H and O–H groups in total. The molecule has 1 aliphatic heterocycles. The molecule has 33 heavy (non-hydrogen) atoms. The van der Waals surface area contributed by atoms with Crippen molar-refractivity contribution in [1.29, 1.82) is 0 Å². The van der Waals surface area contributed by atoms with Crippen molar-refractivity contribution in [3.63, 3.8) is 0 Å². The molecule has 1 aliphatic rings. The van der Waals surface area contributed by atoms with Gasteiger partial charge in [0.15, 0.2) is 11.5 Å². The Bertz CT molecular complexity index is 1130. The van der Waals surface area contributed by atoms with E-state index < -0.39 is 17.8 Å². The molecule has 0 unspecified atom stereocenters. The lowest BCUT2D eigenvalue weighted by atomic mass is 10.1. The van der Waals surface area contributed by atoms with Gasteiger partial charge in [0, 0.05) is 12.1 Å². The molecule has 1 saturated heterocycles. The number of nitrogens with one attached hydrogen (secondary N) is 1. The van der Waals surface area contributed by atoms with Crippen LogP contribution in [0.15, 0.2) is 35.9 Å². The monoisotopic (exact) mass is 474 g/mol. The number of urea groups is 1. The Labute approximate surface area is 195 Å². The highest BCUT2D eigenvalue weighted by molar-refractivity contribution is 6.39. The number of hydrogen-bond donors (Lipinski definition) is 1. The molecule has 2 aromatic carbocycles. The fourth-order valence-electron chi connectivity index (χ4n) is 3.22. The number of carbonyl (C=O) groups is 3. The van der Waals surface area contributed by atoms with Crippen molar-refractivity contribution in [2.45, 2.75) is 13.8 Å². The zero-order valence-corrected chi connectivity index (χ0v) is 19.3. The van der Waals surface area contributed by atoms with E-state index in [1.54, 1.807) is 18.2 Å². The normalized spacial score (nSPS) is 14.9. The van der Waals surface area contributed by atoms with E-state index in [1.807, 2.05) is 13.8 Å². The first-order valence-corrected chi connectivity index (χ1v) is 10.4. The number of barbiturate groups is 1. The van der Waals surface area contributed by atoms with Crippen LogP contribution in [0.1, 0.15) is 19.4 Å². The summed E-state index contributed by atoms with van der Waals surface area (Å²) in [6.07, 6.45) is 1.37. The quantitative estimate of drug-likeness (QED) is 0.458. The second-order valence-electron chi connectivity index (χ2n) is 6.69. The average Bonchev–Trinajstić information content (AvgIpc) is 2.79. The van der Waals surface area contributed by atoms with Gasteiger partial charge < -0.3 is 18.9 Å². The Balaban J connectivity index is 2.06. The van der Waals surface area contributed by atoms with Crippen LogP contribution in [0.25, 0.3) is 6.08 Å². The van der Waals surface area contributed by atoms with Crippen LogP contribution in [-0.4, -0.2) is 45.3 Å². The number of benzene rings is 2. The van der Waals surface area contributed by atoms with Gasteiger partial charge in [-0.25, -0.2) is 9.69 Å². The Hall–Kier alpha value is -3.72. The predicted molar refractivity (Wildman–Crippen MR) is 122 cm³/mol. The van der Waals surface area contributed by atoms with Gasteiger partial charge in [-0.2, -0.15) is 0 Å². The number of halogens is 1. The van der Waals surface area contributed by atoms with Crippen LogP contribution in [0.3, 0.4) is 0 Å². The Morgan fingerprint density at radius 2 is 1.58 bits per heavy atom. The molecule has 0 spiro atoms. The van der Waals surface area contributed by atoms with Gasteiger partial charge in [0.25, 0.3) is 11.8 Å². The number of imide groups is 2. The average molecular weight is 475 g/mol. The minimum absolute atomic E-state index is 0.0707. The van der Waals surface area contributed by atoms with E-state index in [0.717, 1.165) is 4.90 Å². The zero-order chi connectivity index (χ0) is 24.1. The maximum atomic E-state index is 13.3. The van der Waals surface area contributed by atoms with Crippen molar-refractivity contribution in [3.05, 3.63) is 46.5 Å². The number of amides is 4. The van der Waals surface area contributed by atoms with E-state index in [2.05, 4.69) is 5.32 Å². The maximum Gasteiger partial charge on any atom is 0.336 e. The molecule has 0 atom stereocenters. The maximum absolute atomic E-state index is 13.3. The largest absolute Gasteiger partial charge is 0.495 e. The summed E-state index contributed by atoms with van der Waals surface area (Å²) >= 11 is 6.13. The fraction of sp³-hybridized carbons (Fsp3) is 0.261. The minimum Gasteiger partial charge on any atom is -0.495 e. The Kier molecular flexibility index (Phi) is 7.44. The molecule has 9 nitrogen and oxygen atoms in total. The molecule has 0 radical (unpaired) electrons. The highest BCUT2D eigenvalue weighted by atomic mass is 35.5. The van der Waals surface area contributed by atoms with E-state index in [1.165, 1.54) is 32.4 Å². The van der Waals surface area contributed by atoms with Crippen molar-refractivity contribution >= 4 is 41.2 Å². The van der Waals surface area contributed by atoms with Crippen LogP contribution in [0.5, 0.6) is 23.0 Å². The molecule has 3 rings (SSSR count). The molecule has 0 saturated carbocycles. The first-order chi connectivity index (χ1) is 15.8.